The number of halogens is 1. The second-order valence-corrected chi connectivity index (χ2v) is 6.33. The fourth-order valence-electron chi connectivity index (χ4n) is 2.11. The molecule has 0 unspecified atom stereocenters. The number of hydrogen-bond donors (Lipinski definition) is 0. The molecule has 1 saturated heterocycles. The van der Waals surface area contributed by atoms with Crippen LogP contribution in [0.3, 0.4) is 0 Å². The molecule has 0 spiro atoms. The lowest BCUT2D eigenvalue weighted by Crippen LogP contribution is -2.35. The van der Waals surface area contributed by atoms with Gasteiger partial charge in [-0.2, -0.15) is 0 Å². The van der Waals surface area contributed by atoms with Gasteiger partial charge < -0.3 is 4.74 Å². The van der Waals surface area contributed by atoms with Crippen LogP contribution in [0.4, 0.5) is 0 Å². The van der Waals surface area contributed by atoms with E-state index in [0.717, 1.165) is 43.4 Å². The van der Waals surface area contributed by atoms with Crippen molar-refractivity contribution in [2.24, 2.45) is 0 Å². The van der Waals surface area contributed by atoms with Crippen molar-refractivity contribution in [2.75, 3.05) is 26.3 Å². The number of benzene rings is 1. The third-order valence-corrected chi connectivity index (χ3v) is 4.31. The first-order valence-corrected chi connectivity index (χ1v) is 8.01. The smallest absolute Gasteiger partial charge is 0.167 e. The highest BCUT2D eigenvalue weighted by atomic mass is 35.5. The van der Waals surface area contributed by atoms with E-state index in [1.54, 1.807) is 11.3 Å². The van der Waals surface area contributed by atoms with E-state index in [2.05, 4.69) is 21.7 Å². The van der Waals surface area contributed by atoms with Crippen LogP contribution >= 0.6 is 22.9 Å². The molecule has 108 valence electrons. The fourth-order valence-corrected chi connectivity index (χ4v) is 3.11. The van der Waals surface area contributed by atoms with Gasteiger partial charge in [0.05, 0.1) is 13.2 Å². The number of thiazole rings is 1. The topological polar surface area (TPSA) is 25.4 Å². The van der Waals surface area contributed by atoms with Crippen LogP contribution in [0.25, 0.3) is 0 Å². The van der Waals surface area contributed by atoms with Gasteiger partial charge in [0.2, 0.25) is 0 Å². The molecule has 1 aliphatic rings. The van der Waals surface area contributed by atoms with E-state index in [1.165, 1.54) is 4.88 Å². The van der Waals surface area contributed by atoms with Gasteiger partial charge in [0.25, 0.3) is 0 Å². The van der Waals surface area contributed by atoms with E-state index in [-0.39, 0.29) is 0 Å². The van der Waals surface area contributed by atoms with E-state index >= 15 is 0 Å². The van der Waals surface area contributed by atoms with Gasteiger partial charge in [-0.15, -0.1) is 11.3 Å². The number of ether oxygens (including phenoxy) is 1. The molecule has 0 N–H and O–H groups in total. The van der Waals surface area contributed by atoms with Crippen LogP contribution in [0.15, 0.2) is 30.5 Å². The Bertz CT molecular complexity index is 668. The van der Waals surface area contributed by atoms with Crippen molar-refractivity contribution in [3.63, 3.8) is 0 Å². The predicted octanol–water partition coefficient (Wildman–Crippen LogP) is 3.03. The minimum absolute atomic E-state index is 0.703. The van der Waals surface area contributed by atoms with Gasteiger partial charge >= 0.3 is 0 Å². The standard InChI is InChI=1S/C16H15ClN2OS/c17-14-3-1-2-13(10-14)4-5-16-18-11-15(21-16)12-19-6-8-20-9-7-19/h1-3,10-11H,6-9,12H2. The minimum atomic E-state index is 0.703. The van der Waals surface area contributed by atoms with Crippen molar-refractivity contribution in [1.82, 2.24) is 9.88 Å². The molecule has 0 bridgehead atoms. The maximum atomic E-state index is 5.94. The highest BCUT2D eigenvalue weighted by Gasteiger charge is 2.11. The van der Waals surface area contributed by atoms with Crippen LogP contribution in [-0.2, 0) is 11.3 Å². The van der Waals surface area contributed by atoms with Crippen LogP contribution in [0, 0.1) is 11.8 Å². The Morgan fingerprint density at radius 3 is 2.95 bits per heavy atom. The molecule has 3 rings (SSSR count). The van der Waals surface area contributed by atoms with Crippen LogP contribution in [0.5, 0.6) is 0 Å². The normalized spacial score (nSPS) is 15.5. The summed E-state index contributed by atoms with van der Waals surface area (Å²) in [7, 11) is 0. The summed E-state index contributed by atoms with van der Waals surface area (Å²) < 4.78 is 5.35. The zero-order chi connectivity index (χ0) is 14.5. The molecule has 21 heavy (non-hydrogen) atoms. The summed E-state index contributed by atoms with van der Waals surface area (Å²) in [5.74, 6) is 6.20. The fraction of sp³-hybridized carbons (Fsp3) is 0.312. The third kappa shape index (κ3) is 4.29. The zero-order valence-electron chi connectivity index (χ0n) is 11.5. The zero-order valence-corrected chi connectivity index (χ0v) is 13.1. The summed E-state index contributed by atoms with van der Waals surface area (Å²) >= 11 is 7.59. The lowest BCUT2D eigenvalue weighted by Gasteiger charge is -2.25. The molecule has 1 aromatic carbocycles. The SMILES string of the molecule is Clc1cccc(C#Cc2ncc(CN3CCOCC3)s2)c1. The first kappa shape index (κ1) is 14.6. The molecule has 0 aliphatic carbocycles. The average Bonchev–Trinajstić information content (AvgIpc) is 2.94. The third-order valence-electron chi connectivity index (χ3n) is 3.18. The van der Waals surface area contributed by atoms with Crippen molar-refractivity contribution in [1.29, 1.82) is 0 Å². The molecule has 3 nitrogen and oxygen atoms in total. The van der Waals surface area contributed by atoms with E-state index in [9.17, 15) is 0 Å². The van der Waals surface area contributed by atoms with E-state index < -0.39 is 0 Å². The summed E-state index contributed by atoms with van der Waals surface area (Å²) in [5.41, 5.74) is 0.910. The van der Waals surface area contributed by atoms with Gasteiger partial charge in [-0.3, -0.25) is 4.90 Å². The largest absolute Gasteiger partial charge is 0.379 e. The lowest BCUT2D eigenvalue weighted by molar-refractivity contribution is 0.0346. The molecule has 5 heteroatoms. The van der Waals surface area contributed by atoms with E-state index in [1.807, 2.05) is 30.5 Å². The molecule has 2 heterocycles. The van der Waals surface area contributed by atoms with Crippen LogP contribution in [-0.4, -0.2) is 36.2 Å². The highest BCUT2D eigenvalue weighted by molar-refractivity contribution is 7.12. The lowest BCUT2D eigenvalue weighted by atomic mass is 10.2. The monoisotopic (exact) mass is 318 g/mol. The first-order chi connectivity index (χ1) is 10.3. The van der Waals surface area contributed by atoms with Gasteiger partial charge in [-0.25, -0.2) is 4.98 Å². The van der Waals surface area contributed by atoms with Crippen LogP contribution in [0.1, 0.15) is 15.4 Å². The molecule has 1 fully saturated rings. The molecule has 0 saturated carbocycles. The molecule has 2 aromatic rings. The maximum Gasteiger partial charge on any atom is 0.167 e. The van der Waals surface area contributed by atoms with Gasteiger partial charge in [0, 0.05) is 41.3 Å². The second-order valence-electron chi connectivity index (χ2n) is 4.78. The van der Waals surface area contributed by atoms with Gasteiger partial charge in [0.15, 0.2) is 5.01 Å². The quantitative estimate of drug-likeness (QED) is 0.796. The Hall–Kier alpha value is -1.38. The second kappa shape index (κ2) is 7.06. The van der Waals surface area contributed by atoms with Crippen molar-refractivity contribution >= 4 is 22.9 Å². The van der Waals surface area contributed by atoms with Gasteiger partial charge in [-0.05, 0) is 24.1 Å². The van der Waals surface area contributed by atoms with Crippen molar-refractivity contribution < 1.29 is 4.74 Å². The Labute approximate surface area is 133 Å². The molecule has 0 amide bonds. The number of aromatic nitrogens is 1. The number of morpholine rings is 1. The Morgan fingerprint density at radius 1 is 1.29 bits per heavy atom. The molecular formula is C16H15ClN2OS. The van der Waals surface area contributed by atoms with Gasteiger partial charge in [0.1, 0.15) is 0 Å². The summed E-state index contributed by atoms with van der Waals surface area (Å²) in [4.78, 5) is 8.00. The predicted molar refractivity (Wildman–Crippen MR) is 85.6 cm³/mol. The summed E-state index contributed by atoms with van der Waals surface area (Å²) in [5, 5.41) is 1.55. The van der Waals surface area contributed by atoms with Crippen molar-refractivity contribution in [3.05, 3.63) is 50.9 Å². The number of hydrogen-bond acceptors (Lipinski definition) is 4. The minimum Gasteiger partial charge on any atom is -0.379 e. The number of rotatable bonds is 2. The molecule has 1 aromatic heterocycles. The summed E-state index contributed by atoms with van der Waals surface area (Å²) in [6.07, 6.45) is 1.92. The van der Waals surface area contributed by atoms with Crippen LogP contribution in [0.2, 0.25) is 5.02 Å². The first-order valence-electron chi connectivity index (χ1n) is 6.82. The average molecular weight is 319 g/mol. The van der Waals surface area contributed by atoms with Crippen molar-refractivity contribution in [2.45, 2.75) is 6.54 Å². The Morgan fingerprint density at radius 2 is 2.14 bits per heavy atom. The highest BCUT2D eigenvalue weighted by Crippen LogP contribution is 2.16. The van der Waals surface area contributed by atoms with Gasteiger partial charge in [-0.1, -0.05) is 23.6 Å². The maximum absolute atomic E-state index is 5.94. The van der Waals surface area contributed by atoms with E-state index in [4.69, 9.17) is 16.3 Å². The number of nitrogens with zero attached hydrogens (tertiary/aromatic N) is 2. The molecular weight excluding hydrogens is 304 g/mol. The van der Waals surface area contributed by atoms with E-state index in [0.29, 0.717) is 5.02 Å². The molecule has 1 aliphatic heterocycles. The Kier molecular flexibility index (Phi) is 4.89. The Balaban J connectivity index is 1.65. The summed E-state index contributed by atoms with van der Waals surface area (Å²) in [6.45, 7) is 4.54. The molecule has 0 radical (unpaired) electrons. The summed E-state index contributed by atoms with van der Waals surface area (Å²) in [6, 6.07) is 7.55. The van der Waals surface area contributed by atoms with Crippen molar-refractivity contribution in [3.8, 4) is 11.8 Å². The van der Waals surface area contributed by atoms with Crippen LogP contribution < -0.4 is 0 Å². The molecule has 0 atom stereocenters.